The largest absolute Gasteiger partial charge is 0.393 e. The number of ether oxygens (including phenoxy) is 1. The molecule has 2 aliphatic rings. The fraction of sp³-hybridized carbons (Fsp3) is 0.923. The molecule has 3 N–H and O–H groups in total. The van der Waals surface area contributed by atoms with Gasteiger partial charge in [-0.15, -0.1) is 0 Å². The fourth-order valence-electron chi connectivity index (χ4n) is 2.89. The monoisotopic (exact) mass is 256 g/mol. The van der Waals surface area contributed by atoms with Crippen LogP contribution < -0.4 is 10.6 Å². The first-order valence-corrected chi connectivity index (χ1v) is 6.91. The molecule has 1 heterocycles. The molecule has 1 amide bonds. The van der Waals surface area contributed by atoms with Crippen molar-refractivity contribution in [2.45, 2.75) is 56.3 Å². The highest BCUT2D eigenvalue weighted by molar-refractivity contribution is 5.85. The molecule has 0 radical (unpaired) electrons. The Hall–Kier alpha value is -0.650. The van der Waals surface area contributed by atoms with Crippen LogP contribution in [0.3, 0.4) is 0 Å². The molecule has 0 aromatic heterocycles. The summed E-state index contributed by atoms with van der Waals surface area (Å²) in [5.41, 5.74) is -0.651. The minimum atomic E-state index is -0.651. The predicted octanol–water partition coefficient (Wildman–Crippen LogP) is 0.175. The van der Waals surface area contributed by atoms with Crippen LogP contribution in [-0.2, 0) is 9.53 Å². The minimum absolute atomic E-state index is 0.0212. The summed E-state index contributed by atoms with van der Waals surface area (Å²) in [6.45, 7) is 1.65. The van der Waals surface area contributed by atoms with Gasteiger partial charge in [-0.25, -0.2) is 0 Å². The van der Waals surface area contributed by atoms with E-state index in [0.29, 0.717) is 0 Å². The summed E-state index contributed by atoms with van der Waals surface area (Å²) in [5, 5.41) is 15.8. The van der Waals surface area contributed by atoms with E-state index < -0.39 is 5.60 Å². The van der Waals surface area contributed by atoms with Crippen molar-refractivity contribution in [3.05, 3.63) is 0 Å². The number of hydrogen-bond donors (Lipinski definition) is 3. The van der Waals surface area contributed by atoms with Gasteiger partial charge in [0.15, 0.2) is 0 Å². The van der Waals surface area contributed by atoms with E-state index in [2.05, 4.69) is 10.6 Å². The average Bonchev–Trinajstić information content (AvgIpc) is 2.42. The molecule has 0 atom stereocenters. The zero-order chi connectivity index (χ0) is 13.0. The van der Waals surface area contributed by atoms with Gasteiger partial charge in [0, 0.05) is 13.2 Å². The van der Waals surface area contributed by atoms with E-state index in [1.807, 2.05) is 0 Å². The van der Waals surface area contributed by atoms with E-state index in [9.17, 15) is 9.90 Å². The number of methoxy groups -OCH3 is 1. The highest BCUT2D eigenvalue weighted by Gasteiger charge is 2.40. The molecule has 2 fully saturated rings. The Balaban J connectivity index is 1.89. The molecule has 18 heavy (non-hydrogen) atoms. The Morgan fingerprint density at radius 1 is 1.28 bits per heavy atom. The Bertz CT molecular complexity index is 282. The molecule has 0 aromatic rings. The number of nitrogens with one attached hydrogen (secondary N) is 2. The first-order chi connectivity index (χ1) is 8.66. The zero-order valence-electron chi connectivity index (χ0n) is 11.1. The molecular weight excluding hydrogens is 232 g/mol. The third kappa shape index (κ3) is 3.02. The van der Waals surface area contributed by atoms with Crippen LogP contribution in [0, 0.1) is 0 Å². The van der Waals surface area contributed by atoms with E-state index >= 15 is 0 Å². The number of aliphatic hydroxyl groups excluding tert-OH is 1. The molecule has 2 rings (SSSR count). The molecular formula is C13H24N2O3. The van der Waals surface area contributed by atoms with Crippen molar-refractivity contribution in [3.8, 4) is 0 Å². The second-order valence-electron chi connectivity index (χ2n) is 5.43. The van der Waals surface area contributed by atoms with Crippen LogP contribution in [0.1, 0.15) is 38.5 Å². The van der Waals surface area contributed by atoms with Gasteiger partial charge in [0.25, 0.3) is 5.91 Å². The van der Waals surface area contributed by atoms with Crippen LogP contribution in [-0.4, -0.2) is 49.0 Å². The number of rotatable bonds is 3. The predicted molar refractivity (Wildman–Crippen MR) is 68.2 cm³/mol. The summed E-state index contributed by atoms with van der Waals surface area (Å²) in [6, 6.07) is 0.197. The molecule has 0 bridgehead atoms. The molecule has 0 spiro atoms. The van der Waals surface area contributed by atoms with Crippen molar-refractivity contribution in [1.82, 2.24) is 10.6 Å². The van der Waals surface area contributed by atoms with E-state index in [1.165, 1.54) is 0 Å². The molecule has 1 saturated carbocycles. The second kappa shape index (κ2) is 5.99. The number of amides is 1. The van der Waals surface area contributed by atoms with Gasteiger partial charge in [-0.1, -0.05) is 0 Å². The van der Waals surface area contributed by atoms with Crippen molar-refractivity contribution >= 4 is 5.91 Å². The summed E-state index contributed by atoms with van der Waals surface area (Å²) in [4.78, 5) is 12.4. The second-order valence-corrected chi connectivity index (χ2v) is 5.43. The van der Waals surface area contributed by atoms with Crippen LogP contribution in [0.2, 0.25) is 0 Å². The molecule has 1 saturated heterocycles. The Morgan fingerprint density at radius 2 is 1.89 bits per heavy atom. The van der Waals surface area contributed by atoms with Crippen LogP contribution in [0.4, 0.5) is 0 Å². The molecule has 5 nitrogen and oxygen atoms in total. The van der Waals surface area contributed by atoms with Crippen molar-refractivity contribution in [1.29, 1.82) is 0 Å². The standard InChI is InChI=1S/C13H24N2O3/c1-18-13(6-8-14-9-7-13)12(17)15-10-2-4-11(16)5-3-10/h10-11,14,16H,2-9H2,1H3,(H,15,17). The van der Waals surface area contributed by atoms with Gasteiger partial charge < -0.3 is 20.5 Å². The maximum Gasteiger partial charge on any atom is 0.252 e. The fourth-order valence-corrected chi connectivity index (χ4v) is 2.89. The van der Waals surface area contributed by atoms with Crippen LogP contribution in [0.5, 0.6) is 0 Å². The highest BCUT2D eigenvalue weighted by Crippen LogP contribution is 2.24. The van der Waals surface area contributed by atoms with Crippen molar-refractivity contribution in [2.24, 2.45) is 0 Å². The molecule has 5 heteroatoms. The normalized spacial score (nSPS) is 31.9. The number of carbonyl (C=O) groups excluding carboxylic acids is 1. The van der Waals surface area contributed by atoms with Crippen LogP contribution >= 0.6 is 0 Å². The lowest BCUT2D eigenvalue weighted by atomic mass is 9.88. The third-order valence-corrected chi connectivity index (χ3v) is 4.25. The first-order valence-electron chi connectivity index (χ1n) is 6.91. The van der Waals surface area contributed by atoms with Crippen molar-refractivity contribution in [2.75, 3.05) is 20.2 Å². The van der Waals surface area contributed by atoms with Gasteiger partial charge in [0.05, 0.1) is 6.10 Å². The van der Waals surface area contributed by atoms with Gasteiger partial charge in [-0.2, -0.15) is 0 Å². The maximum absolute atomic E-state index is 12.4. The Morgan fingerprint density at radius 3 is 2.44 bits per heavy atom. The topological polar surface area (TPSA) is 70.6 Å². The molecule has 1 aliphatic heterocycles. The number of hydrogen-bond acceptors (Lipinski definition) is 4. The van der Waals surface area contributed by atoms with Gasteiger partial charge in [0.2, 0.25) is 0 Å². The SMILES string of the molecule is COC1(C(=O)NC2CCC(O)CC2)CCNCC1. The lowest BCUT2D eigenvalue weighted by molar-refractivity contribution is -0.147. The van der Waals surface area contributed by atoms with E-state index in [1.54, 1.807) is 7.11 Å². The summed E-state index contributed by atoms with van der Waals surface area (Å²) in [5.74, 6) is 0.0212. The highest BCUT2D eigenvalue weighted by atomic mass is 16.5. The summed E-state index contributed by atoms with van der Waals surface area (Å²) in [7, 11) is 1.62. The third-order valence-electron chi connectivity index (χ3n) is 4.25. The van der Waals surface area contributed by atoms with E-state index in [0.717, 1.165) is 51.6 Å². The van der Waals surface area contributed by atoms with Crippen LogP contribution in [0.15, 0.2) is 0 Å². The number of piperidine rings is 1. The smallest absolute Gasteiger partial charge is 0.252 e. The lowest BCUT2D eigenvalue weighted by Gasteiger charge is -2.37. The van der Waals surface area contributed by atoms with E-state index in [-0.39, 0.29) is 18.1 Å². The first kappa shape index (κ1) is 13.8. The van der Waals surface area contributed by atoms with Crippen molar-refractivity contribution < 1.29 is 14.6 Å². The summed E-state index contributed by atoms with van der Waals surface area (Å²) in [6.07, 6.45) is 4.57. The van der Waals surface area contributed by atoms with Gasteiger partial charge in [-0.05, 0) is 51.6 Å². The molecule has 104 valence electrons. The Labute approximate surface area is 108 Å². The Kier molecular flexibility index (Phi) is 4.59. The van der Waals surface area contributed by atoms with Crippen molar-refractivity contribution in [3.63, 3.8) is 0 Å². The lowest BCUT2D eigenvalue weighted by Crippen LogP contribution is -2.56. The van der Waals surface area contributed by atoms with Crippen LogP contribution in [0.25, 0.3) is 0 Å². The molecule has 0 aromatic carbocycles. The zero-order valence-corrected chi connectivity index (χ0v) is 11.1. The van der Waals surface area contributed by atoms with Gasteiger partial charge in [0.1, 0.15) is 5.60 Å². The van der Waals surface area contributed by atoms with Gasteiger partial charge >= 0.3 is 0 Å². The number of carbonyl (C=O) groups is 1. The van der Waals surface area contributed by atoms with E-state index in [4.69, 9.17) is 4.74 Å². The number of aliphatic hydroxyl groups is 1. The maximum atomic E-state index is 12.4. The quantitative estimate of drug-likeness (QED) is 0.673. The summed E-state index contributed by atoms with van der Waals surface area (Å²) < 4.78 is 5.50. The molecule has 1 aliphatic carbocycles. The van der Waals surface area contributed by atoms with Gasteiger partial charge in [-0.3, -0.25) is 4.79 Å². The molecule has 0 unspecified atom stereocenters. The minimum Gasteiger partial charge on any atom is -0.393 e. The average molecular weight is 256 g/mol. The summed E-state index contributed by atoms with van der Waals surface area (Å²) >= 11 is 0.